The van der Waals surface area contributed by atoms with Crippen molar-refractivity contribution in [3.63, 3.8) is 0 Å². The average Bonchev–Trinajstić information content (AvgIpc) is 2.03. The van der Waals surface area contributed by atoms with Crippen molar-refractivity contribution in [3.05, 3.63) is 12.4 Å². The molecule has 0 fully saturated rings. The molecule has 4 heteroatoms. The van der Waals surface area contributed by atoms with Gasteiger partial charge in [-0.05, 0) is 0 Å². The van der Waals surface area contributed by atoms with Gasteiger partial charge in [-0.15, -0.1) is 0 Å². The summed E-state index contributed by atoms with van der Waals surface area (Å²) in [5.74, 6) is -0.763. The maximum Gasteiger partial charge on any atom is 0.305 e. The van der Waals surface area contributed by atoms with Crippen molar-refractivity contribution in [2.24, 2.45) is 4.99 Å². The Morgan fingerprint density at radius 1 is 1.73 bits per heavy atom. The van der Waals surface area contributed by atoms with Crippen molar-refractivity contribution in [2.75, 3.05) is 13.1 Å². The van der Waals surface area contributed by atoms with Crippen LogP contribution < -0.4 is 0 Å². The van der Waals surface area contributed by atoms with Crippen molar-refractivity contribution in [1.29, 1.82) is 0 Å². The van der Waals surface area contributed by atoms with Crippen LogP contribution in [0.5, 0.6) is 0 Å². The van der Waals surface area contributed by atoms with E-state index in [1.807, 2.05) is 4.90 Å². The van der Waals surface area contributed by atoms with Gasteiger partial charge in [0.05, 0.1) is 13.0 Å². The fourth-order valence-electron chi connectivity index (χ4n) is 0.812. The minimum absolute atomic E-state index is 0.179. The van der Waals surface area contributed by atoms with Gasteiger partial charge in [0.15, 0.2) is 0 Å². The first kappa shape index (κ1) is 7.78. The summed E-state index contributed by atoms with van der Waals surface area (Å²) >= 11 is 0. The molecule has 0 aromatic rings. The Kier molecular flexibility index (Phi) is 2.66. The lowest BCUT2D eigenvalue weighted by atomic mass is 10.4. The van der Waals surface area contributed by atoms with Crippen LogP contribution in [0.3, 0.4) is 0 Å². The van der Waals surface area contributed by atoms with E-state index in [0.717, 1.165) is 0 Å². The van der Waals surface area contributed by atoms with Crippen molar-refractivity contribution in [2.45, 2.75) is 6.42 Å². The maximum atomic E-state index is 10.2. The van der Waals surface area contributed by atoms with Crippen LogP contribution in [-0.4, -0.2) is 35.3 Å². The second kappa shape index (κ2) is 3.75. The van der Waals surface area contributed by atoms with E-state index < -0.39 is 5.97 Å². The highest BCUT2D eigenvalue weighted by Gasteiger charge is 2.02. The Labute approximate surface area is 64.8 Å². The SMILES string of the molecule is O=C(O)CCN1C=CN=CC1. The molecule has 11 heavy (non-hydrogen) atoms. The predicted molar refractivity (Wildman–Crippen MR) is 41.5 cm³/mol. The minimum Gasteiger partial charge on any atom is -0.481 e. The molecule has 0 amide bonds. The Bertz CT molecular complexity index is 199. The summed E-state index contributed by atoms with van der Waals surface area (Å²) in [6.45, 7) is 1.27. The molecule has 0 aliphatic carbocycles. The number of aliphatic carboxylic acids is 1. The van der Waals surface area contributed by atoms with E-state index >= 15 is 0 Å². The highest BCUT2D eigenvalue weighted by Crippen LogP contribution is 1.95. The molecule has 0 radical (unpaired) electrons. The molecule has 4 nitrogen and oxygen atoms in total. The van der Waals surface area contributed by atoms with Crippen LogP contribution in [0.1, 0.15) is 6.42 Å². The summed E-state index contributed by atoms with van der Waals surface area (Å²) in [7, 11) is 0. The standard InChI is InChI=1S/C7H10N2O2/c10-7(11)1-4-9-5-2-8-3-6-9/h2-3,5H,1,4,6H2,(H,10,11). The van der Waals surface area contributed by atoms with Gasteiger partial charge in [0.25, 0.3) is 0 Å². The first-order valence-corrected chi connectivity index (χ1v) is 3.43. The molecule has 0 saturated carbocycles. The molecule has 0 aromatic heterocycles. The van der Waals surface area contributed by atoms with Gasteiger partial charge in [-0.25, -0.2) is 0 Å². The molecule has 1 aliphatic heterocycles. The van der Waals surface area contributed by atoms with Gasteiger partial charge >= 0.3 is 5.97 Å². The molecule has 1 heterocycles. The molecule has 0 aromatic carbocycles. The van der Waals surface area contributed by atoms with Gasteiger partial charge in [0.2, 0.25) is 0 Å². The monoisotopic (exact) mass is 154 g/mol. The summed E-state index contributed by atoms with van der Waals surface area (Å²) in [6, 6.07) is 0. The number of rotatable bonds is 3. The lowest BCUT2D eigenvalue weighted by molar-refractivity contribution is -0.137. The van der Waals surface area contributed by atoms with E-state index in [2.05, 4.69) is 4.99 Å². The molecular weight excluding hydrogens is 144 g/mol. The van der Waals surface area contributed by atoms with Gasteiger partial charge in [-0.3, -0.25) is 9.79 Å². The normalized spacial score (nSPS) is 15.5. The van der Waals surface area contributed by atoms with Crippen LogP contribution in [0.25, 0.3) is 0 Å². The second-order valence-electron chi connectivity index (χ2n) is 2.27. The maximum absolute atomic E-state index is 10.2. The highest BCUT2D eigenvalue weighted by atomic mass is 16.4. The summed E-state index contributed by atoms with van der Waals surface area (Å²) in [5, 5.41) is 8.36. The molecule has 0 spiro atoms. The van der Waals surface area contributed by atoms with E-state index in [4.69, 9.17) is 5.11 Å². The zero-order chi connectivity index (χ0) is 8.10. The minimum atomic E-state index is -0.763. The predicted octanol–water partition coefficient (Wildman–Crippen LogP) is 0.319. The largest absolute Gasteiger partial charge is 0.481 e. The van der Waals surface area contributed by atoms with Gasteiger partial charge in [0, 0.05) is 25.2 Å². The van der Waals surface area contributed by atoms with Crippen LogP contribution in [0, 0.1) is 0 Å². The van der Waals surface area contributed by atoms with Crippen molar-refractivity contribution in [1.82, 2.24) is 4.90 Å². The highest BCUT2D eigenvalue weighted by molar-refractivity contribution is 5.67. The van der Waals surface area contributed by atoms with Crippen LogP contribution in [0.2, 0.25) is 0 Å². The number of hydrogen-bond donors (Lipinski definition) is 1. The smallest absolute Gasteiger partial charge is 0.305 e. The van der Waals surface area contributed by atoms with Crippen LogP contribution >= 0.6 is 0 Å². The van der Waals surface area contributed by atoms with E-state index in [1.54, 1.807) is 18.6 Å². The zero-order valence-electron chi connectivity index (χ0n) is 6.10. The van der Waals surface area contributed by atoms with Crippen molar-refractivity contribution in [3.8, 4) is 0 Å². The third-order valence-corrected chi connectivity index (χ3v) is 1.40. The van der Waals surface area contributed by atoms with Crippen LogP contribution in [0.4, 0.5) is 0 Å². The fourth-order valence-corrected chi connectivity index (χ4v) is 0.812. The van der Waals surface area contributed by atoms with Gasteiger partial charge < -0.3 is 10.0 Å². The van der Waals surface area contributed by atoms with Gasteiger partial charge in [0.1, 0.15) is 0 Å². The Morgan fingerprint density at radius 3 is 3.09 bits per heavy atom. The third-order valence-electron chi connectivity index (χ3n) is 1.40. The van der Waals surface area contributed by atoms with E-state index in [1.165, 1.54) is 0 Å². The first-order valence-electron chi connectivity index (χ1n) is 3.43. The topological polar surface area (TPSA) is 52.9 Å². The molecule has 1 N–H and O–H groups in total. The number of carboxylic acids is 1. The number of carboxylic acid groups (broad SMARTS) is 1. The Balaban J connectivity index is 2.22. The molecule has 0 bridgehead atoms. The Hall–Kier alpha value is -1.32. The zero-order valence-corrected chi connectivity index (χ0v) is 6.10. The molecule has 1 aliphatic rings. The molecule has 0 unspecified atom stereocenters. The molecule has 0 atom stereocenters. The summed E-state index contributed by atoms with van der Waals surface area (Å²) in [5.41, 5.74) is 0. The fraction of sp³-hybridized carbons (Fsp3) is 0.429. The average molecular weight is 154 g/mol. The van der Waals surface area contributed by atoms with Gasteiger partial charge in [-0.2, -0.15) is 0 Å². The molecule has 60 valence electrons. The quantitative estimate of drug-likeness (QED) is 0.636. The van der Waals surface area contributed by atoms with Crippen LogP contribution in [0.15, 0.2) is 17.4 Å². The van der Waals surface area contributed by atoms with Crippen LogP contribution in [-0.2, 0) is 4.79 Å². The lowest BCUT2D eigenvalue weighted by Crippen LogP contribution is -2.24. The number of aliphatic imine (C=N–C) groups is 1. The molecule has 0 saturated heterocycles. The van der Waals surface area contributed by atoms with E-state index in [9.17, 15) is 4.79 Å². The van der Waals surface area contributed by atoms with E-state index in [0.29, 0.717) is 13.1 Å². The van der Waals surface area contributed by atoms with E-state index in [-0.39, 0.29) is 6.42 Å². The molecular formula is C7H10N2O2. The summed E-state index contributed by atoms with van der Waals surface area (Å²) < 4.78 is 0. The number of hydrogen-bond acceptors (Lipinski definition) is 3. The lowest BCUT2D eigenvalue weighted by Gasteiger charge is -2.17. The van der Waals surface area contributed by atoms with Crippen molar-refractivity contribution < 1.29 is 9.90 Å². The third kappa shape index (κ3) is 2.84. The Morgan fingerprint density at radius 2 is 2.55 bits per heavy atom. The number of nitrogens with zero attached hydrogens (tertiary/aromatic N) is 2. The summed E-state index contributed by atoms with van der Waals surface area (Å²) in [6.07, 6.45) is 5.38. The summed E-state index contributed by atoms with van der Waals surface area (Å²) in [4.78, 5) is 15.9. The van der Waals surface area contributed by atoms with Gasteiger partial charge in [-0.1, -0.05) is 0 Å². The first-order chi connectivity index (χ1) is 5.29. The molecule has 1 rings (SSSR count). The second-order valence-corrected chi connectivity index (χ2v) is 2.27. The van der Waals surface area contributed by atoms with Crippen molar-refractivity contribution >= 4 is 12.2 Å². The number of carbonyl (C=O) groups is 1.